The van der Waals surface area contributed by atoms with Crippen LogP contribution in [0.25, 0.3) is 0 Å². The molecule has 14 heteroatoms. The highest BCUT2D eigenvalue weighted by Gasteiger charge is 2.33. The van der Waals surface area contributed by atoms with E-state index in [2.05, 4.69) is 18.8 Å². The van der Waals surface area contributed by atoms with Crippen molar-refractivity contribution in [3.63, 3.8) is 0 Å². The van der Waals surface area contributed by atoms with Crippen molar-refractivity contribution in [2.24, 2.45) is 0 Å². The van der Waals surface area contributed by atoms with Crippen molar-refractivity contribution in [3.05, 3.63) is 91.7 Å². The molecule has 0 bridgehead atoms. The molecule has 1 aliphatic carbocycles. The standard InChI is InChI=1S/C23H13Cl2N5O4S3/c24-12-6-4-11(5-7-12)21(31)14(10-26)23-30-37(33,34)19-8-13(15(25)9-18(19)35-23)22(32)27-16-2-1-3-17-20(16)29-36-28-17/h1-2,4-9,16,30H,3H2,(H,27,32). The molecular weight excluding hydrogens is 577 g/mol. The number of Topliss-reactive ketones (excluding diaryl/α,β-unsaturated/α-hetero) is 1. The van der Waals surface area contributed by atoms with Gasteiger partial charge in [-0.2, -0.15) is 14.0 Å². The van der Waals surface area contributed by atoms with Gasteiger partial charge in [-0.25, -0.2) is 8.42 Å². The lowest BCUT2D eigenvalue weighted by atomic mass is 10.0. The number of benzene rings is 2. The minimum absolute atomic E-state index is 0.000786. The van der Waals surface area contributed by atoms with E-state index in [-0.39, 0.29) is 31.0 Å². The number of rotatable bonds is 4. The van der Waals surface area contributed by atoms with Crippen LogP contribution in [0.2, 0.25) is 10.0 Å². The molecular formula is C23H13Cl2N5O4S3. The third-order valence-corrected chi connectivity index (χ3v) is 9.35. The van der Waals surface area contributed by atoms with Crippen molar-refractivity contribution in [1.29, 1.82) is 5.26 Å². The van der Waals surface area contributed by atoms with Crippen LogP contribution in [-0.2, 0) is 16.4 Å². The average molecular weight is 590 g/mol. The fourth-order valence-electron chi connectivity index (χ4n) is 3.69. The van der Waals surface area contributed by atoms with E-state index < -0.39 is 33.3 Å². The first-order chi connectivity index (χ1) is 17.7. The molecule has 0 saturated carbocycles. The molecule has 1 aliphatic heterocycles. The Labute approximate surface area is 229 Å². The first-order valence-corrected chi connectivity index (χ1v) is 14.2. The first-order valence-electron chi connectivity index (χ1n) is 10.5. The van der Waals surface area contributed by atoms with E-state index in [0.29, 0.717) is 17.1 Å². The van der Waals surface area contributed by atoms with Crippen LogP contribution in [0.3, 0.4) is 0 Å². The summed E-state index contributed by atoms with van der Waals surface area (Å²) in [6.45, 7) is 0. The molecule has 1 aromatic heterocycles. The van der Waals surface area contributed by atoms with Gasteiger partial charge < -0.3 is 5.32 Å². The number of ketones is 1. The lowest BCUT2D eigenvalue weighted by Gasteiger charge is -2.23. The van der Waals surface area contributed by atoms with Crippen molar-refractivity contribution >= 4 is 68.4 Å². The van der Waals surface area contributed by atoms with E-state index in [4.69, 9.17) is 23.2 Å². The summed E-state index contributed by atoms with van der Waals surface area (Å²) >= 11 is 14.1. The molecule has 186 valence electrons. The summed E-state index contributed by atoms with van der Waals surface area (Å²) in [5.74, 6) is -1.27. The van der Waals surface area contributed by atoms with Crippen molar-refractivity contribution in [3.8, 4) is 6.07 Å². The molecule has 0 saturated heterocycles. The fraction of sp³-hybridized carbons (Fsp3) is 0.0870. The predicted molar refractivity (Wildman–Crippen MR) is 139 cm³/mol. The zero-order valence-electron chi connectivity index (χ0n) is 18.4. The number of amides is 1. The van der Waals surface area contributed by atoms with Gasteiger partial charge in [0.25, 0.3) is 15.9 Å². The lowest BCUT2D eigenvalue weighted by Crippen LogP contribution is -2.31. The highest BCUT2D eigenvalue weighted by atomic mass is 35.5. The molecule has 3 aromatic rings. The number of hydrogen-bond donors (Lipinski definition) is 2. The van der Waals surface area contributed by atoms with Crippen LogP contribution in [-0.4, -0.2) is 28.9 Å². The van der Waals surface area contributed by atoms with Gasteiger partial charge in [0.15, 0.2) is 0 Å². The number of thioether (sulfide) groups is 1. The van der Waals surface area contributed by atoms with Crippen molar-refractivity contribution in [1.82, 2.24) is 18.8 Å². The second-order valence-electron chi connectivity index (χ2n) is 7.82. The summed E-state index contributed by atoms with van der Waals surface area (Å²) < 4.78 is 36.9. The number of fused-ring (bicyclic) bond motifs is 2. The summed E-state index contributed by atoms with van der Waals surface area (Å²) in [7, 11) is -4.24. The Hall–Kier alpha value is -3.21. The number of hydrogen-bond acceptors (Lipinski definition) is 9. The van der Waals surface area contributed by atoms with E-state index in [9.17, 15) is 23.3 Å². The smallest absolute Gasteiger partial charge is 0.263 e. The van der Waals surface area contributed by atoms with E-state index in [1.165, 1.54) is 36.4 Å². The Balaban J connectivity index is 1.48. The second kappa shape index (κ2) is 9.92. The SMILES string of the molecule is N#CC(C(=O)c1ccc(Cl)cc1)=C1NS(=O)(=O)c2cc(C(=O)NC3C=CCc4nsnc43)c(Cl)cc2S1. The number of carbonyl (C=O) groups excluding carboxylic acids is 2. The minimum atomic E-state index is -4.24. The molecule has 9 nitrogen and oxygen atoms in total. The number of nitriles is 1. The molecule has 1 unspecified atom stereocenters. The molecule has 1 amide bonds. The van der Waals surface area contributed by atoms with E-state index in [0.717, 1.165) is 29.2 Å². The maximum absolute atomic E-state index is 13.1. The third-order valence-electron chi connectivity index (χ3n) is 5.49. The number of aromatic nitrogens is 2. The van der Waals surface area contributed by atoms with Crippen LogP contribution in [0.4, 0.5) is 0 Å². The predicted octanol–water partition coefficient (Wildman–Crippen LogP) is 4.43. The van der Waals surface area contributed by atoms with Crippen molar-refractivity contribution in [2.45, 2.75) is 22.3 Å². The summed E-state index contributed by atoms with van der Waals surface area (Å²) in [6.07, 6.45) is 4.25. The van der Waals surface area contributed by atoms with Crippen molar-refractivity contribution in [2.75, 3.05) is 0 Å². The summed E-state index contributed by atoms with van der Waals surface area (Å²) in [4.78, 5) is 25.9. The molecule has 0 spiro atoms. The van der Waals surface area contributed by atoms with Gasteiger partial charge in [-0.05, 0) is 36.4 Å². The van der Waals surface area contributed by atoms with E-state index in [1.807, 2.05) is 6.08 Å². The topological polar surface area (TPSA) is 142 Å². The van der Waals surface area contributed by atoms with Crippen molar-refractivity contribution < 1.29 is 18.0 Å². The van der Waals surface area contributed by atoms with Crippen LogP contribution in [0.5, 0.6) is 0 Å². The second-order valence-corrected chi connectivity index (χ2v) is 11.9. The average Bonchev–Trinajstić information content (AvgIpc) is 3.34. The molecule has 2 N–H and O–H groups in total. The van der Waals surface area contributed by atoms with Crippen LogP contribution < -0.4 is 10.0 Å². The number of sulfonamides is 1. The highest BCUT2D eigenvalue weighted by molar-refractivity contribution is 8.05. The Kier molecular flexibility index (Phi) is 6.82. The number of carbonyl (C=O) groups is 2. The first kappa shape index (κ1) is 25.4. The van der Waals surface area contributed by atoms with Gasteiger partial charge in [-0.15, -0.1) is 0 Å². The van der Waals surface area contributed by atoms with Gasteiger partial charge in [0, 0.05) is 21.9 Å². The number of nitrogens with zero attached hydrogens (tertiary/aromatic N) is 3. The fourth-order valence-corrected chi connectivity index (χ4v) is 7.55. The summed E-state index contributed by atoms with van der Waals surface area (Å²) in [5, 5.41) is 12.7. The quantitative estimate of drug-likeness (QED) is 0.197. The number of halogens is 2. The maximum Gasteiger partial charge on any atom is 0.263 e. The molecule has 37 heavy (non-hydrogen) atoms. The third kappa shape index (κ3) is 4.88. The molecule has 2 aromatic carbocycles. The van der Waals surface area contributed by atoms with Crippen LogP contribution in [0, 0.1) is 11.3 Å². The van der Waals surface area contributed by atoms with Gasteiger partial charge in [0.2, 0.25) is 5.78 Å². The van der Waals surface area contributed by atoms with Crippen LogP contribution >= 0.6 is 46.7 Å². The van der Waals surface area contributed by atoms with Crippen LogP contribution in [0.15, 0.2) is 68.9 Å². The molecule has 2 heterocycles. The van der Waals surface area contributed by atoms with E-state index >= 15 is 0 Å². The normalized spacial score (nSPS) is 18.6. The number of allylic oxidation sites excluding steroid dienone is 2. The minimum Gasteiger partial charge on any atom is -0.340 e. The molecule has 5 rings (SSSR count). The number of nitrogens with one attached hydrogen (secondary N) is 2. The monoisotopic (exact) mass is 589 g/mol. The summed E-state index contributed by atoms with van der Waals surface area (Å²) in [6, 6.07) is 9.60. The Morgan fingerprint density at radius 1 is 1.16 bits per heavy atom. The molecule has 1 atom stereocenters. The van der Waals surface area contributed by atoms with Crippen LogP contribution in [0.1, 0.15) is 38.1 Å². The Morgan fingerprint density at radius 3 is 2.65 bits per heavy atom. The zero-order chi connectivity index (χ0) is 26.3. The zero-order valence-corrected chi connectivity index (χ0v) is 22.3. The highest BCUT2D eigenvalue weighted by Crippen LogP contribution is 2.41. The molecule has 0 fully saturated rings. The van der Waals surface area contributed by atoms with Gasteiger partial charge in [0.05, 0.1) is 34.1 Å². The lowest BCUT2D eigenvalue weighted by molar-refractivity contribution is 0.0942. The largest absolute Gasteiger partial charge is 0.340 e. The van der Waals surface area contributed by atoms with Gasteiger partial charge in [0.1, 0.15) is 27.3 Å². The Bertz CT molecular complexity index is 1670. The summed E-state index contributed by atoms with van der Waals surface area (Å²) in [5.41, 5.74) is 1.11. The van der Waals surface area contributed by atoms with Gasteiger partial charge in [-0.3, -0.25) is 14.3 Å². The van der Waals surface area contributed by atoms with E-state index in [1.54, 1.807) is 12.1 Å². The molecule has 0 radical (unpaired) electrons. The van der Waals surface area contributed by atoms with Gasteiger partial charge >= 0.3 is 0 Å². The Morgan fingerprint density at radius 2 is 1.92 bits per heavy atom. The molecule has 2 aliphatic rings. The van der Waals surface area contributed by atoms with Gasteiger partial charge in [-0.1, -0.05) is 47.1 Å². The maximum atomic E-state index is 13.1.